The first kappa shape index (κ1) is 19.2. The number of hydrogen-bond acceptors (Lipinski definition) is 6. The Hall–Kier alpha value is -3.16. The van der Waals surface area contributed by atoms with Crippen molar-refractivity contribution in [2.75, 3.05) is 42.9 Å². The first-order valence-corrected chi connectivity index (χ1v) is 9.80. The van der Waals surface area contributed by atoms with Crippen LogP contribution >= 0.6 is 0 Å². The fraction of sp³-hybridized carbons (Fsp3) is 0.273. The van der Waals surface area contributed by atoms with Crippen LogP contribution in [0.4, 0.5) is 11.4 Å². The summed E-state index contributed by atoms with van der Waals surface area (Å²) in [4.78, 5) is 26.6. The lowest BCUT2D eigenvalue weighted by Crippen LogP contribution is -2.52. The maximum absolute atomic E-state index is 12.2. The third-order valence-corrected chi connectivity index (χ3v) is 5.00. The highest BCUT2D eigenvalue weighted by molar-refractivity contribution is 5.92. The van der Waals surface area contributed by atoms with Crippen LogP contribution in [-0.2, 0) is 4.79 Å². The fourth-order valence-electron chi connectivity index (χ4n) is 3.45. The number of hydrazine groups is 1. The fourth-order valence-corrected chi connectivity index (χ4v) is 3.45. The lowest BCUT2D eigenvalue weighted by Gasteiger charge is -2.36. The Morgan fingerprint density at radius 3 is 2.48 bits per heavy atom. The minimum Gasteiger partial charge on any atom is -0.421 e. The van der Waals surface area contributed by atoms with Gasteiger partial charge in [-0.1, -0.05) is 36.4 Å². The molecule has 0 atom stereocenters. The minimum absolute atomic E-state index is 0.171. The summed E-state index contributed by atoms with van der Waals surface area (Å²) < 4.78 is 5.24. The highest BCUT2D eigenvalue weighted by Gasteiger charge is 2.17. The van der Waals surface area contributed by atoms with Gasteiger partial charge in [-0.15, -0.1) is 0 Å². The Bertz CT molecular complexity index is 1030. The van der Waals surface area contributed by atoms with Gasteiger partial charge in [-0.3, -0.25) is 10.2 Å². The molecule has 4 rings (SSSR count). The summed E-state index contributed by atoms with van der Waals surface area (Å²) in [5, 5.41) is 5.57. The van der Waals surface area contributed by atoms with E-state index in [9.17, 15) is 9.59 Å². The summed E-state index contributed by atoms with van der Waals surface area (Å²) in [5.41, 5.74) is 4.67. The average molecular weight is 392 g/mol. The number of piperazine rings is 1. The van der Waals surface area contributed by atoms with Gasteiger partial charge in [-0.2, -0.15) is 0 Å². The number of nitrogens with zero attached hydrogens (tertiary/aromatic N) is 2. The van der Waals surface area contributed by atoms with Gasteiger partial charge in [0, 0.05) is 50.2 Å². The standard InChI is InChI=1S/C22H24N4O3/c27-21(24-19-16-17-6-4-5-9-20(17)29-22(19)28)10-11-23-26-14-12-25(13-15-26)18-7-2-1-3-8-18/h1-9,16,23H,10-15H2,(H,24,27). The first-order valence-electron chi connectivity index (χ1n) is 9.80. The molecular weight excluding hydrogens is 368 g/mol. The van der Waals surface area contributed by atoms with Crippen LogP contribution in [0.2, 0.25) is 0 Å². The van der Waals surface area contributed by atoms with Crippen molar-refractivity contribution < 1.29 is 9.21 Å². The van der Waals surface area contributed by atoms with Gasteiger partial charge in [0.1, 0.15) is 11.3 Å². The molecule has 0 radical (unpaired) electrons. The second-order valence-electron chi connectivity index (χ2n) is 7.00. The Labute approximate surface area is 168 Å². The number of amides is 1. The quantitative estimate of drug-likeness (QED) is 0.628. The molecule has 0 bridgehead atoms. The number of para-hydroxylation sites is 2. The van der Waals surface area contributed by atoms with E-state index in [0.717, 1.165) is 31.6 Å². The summed E-state index contributed by atoms with van der Waals surface area (Å²) >= 11 is 0. The highest BCUT2D eigenvalue weighted by atomic mass is 16.4. The Morgan fingerprint density at radius 1 is 0.966 bits per heavy atom. The summed E-state index contributed by atoms with van der Waals surface area (Å²) in [6.45, 7) is 4.13. The van der Waals surface area contributed by atoms with Crippen molar-refractivity contribution in [1.82, 2.24) is 10.4 Å². The molecule has 1 aromatic heterocycles. The summed E-state index contributed by atoms with van der Waals surface area (Å²) in [6, 6.07) is 19.2. The van der Waals surface area contributed by atoms with Gasteiger partial charge in [-0.25, -0.2) is 9.80 Å². The molecule has 1 fully saturated rings. The lowest BCUT2D eigenvalue weighted by atomic mass is 10.2. The molecule has 2 aromatic carbocycles. The van der Waals surface area contributed by atoms with Crippen molar-refractivity contribution >= 4 is 28.3 Å². The van der Waals surface area contributed by atoms with E-state index in [1.165, 1.54) is 5.69 Å². The summed E-state index contributed by atoms with van der Waals surface area (Å²) in [6.07, 6.45) is 0.269. The highest BCUT2D eigenvalue weighted by Crippen LogP contribution is 2.16. The average Bonchev–Trinajstić information content (AvgIpc) is 2.75. The SMILES string of the molecule is O=C(CCNN1CCN(c2ccccc2)CC1)Nc1cc2ccccc2oc1=O. The molecule has 0 aliphatic carbocycles. The summed E-state index contributed by atoms with van der Waals surface area (Å²) in [5.74, 6) is -0.219. The van der Waals surface area contributed by atoms with Gasteiger partial charge in [-0.05, 0) is 24.3 Å². The molecule has 29 heavy (non-hydrogen) atoms. The molecule has 7 nitrogen and oxygen atoms in total. The number of carbonyl (C=O) groups is 1. The molecule has 0 spiro atoms. The number of nitrogens with one attached hydrogen (secondary N) is 2. The lowest BCUT2D eigenvalue weighted by molar-refractivity contribution is -0.116. The zero-order valence-corrected chi connectivity index (χ0v) is 16.1. The van der Waals surface area contributed by atoms with Crippen LogP contribution in [0, 0.1) is 0 Å². The Kier molecular flexibility index (Phi) is 5.88. The molecule has 150 valence electrons. The zero-order valence-electron chi connectivity index (χ0n) is 16.1. The van der Waals surface area contributed by atoms with Crippen molar-refractivity contribution in [2.24, 2.45) is 0 Å². The first-order chi connectivity index (χ1) is 14.2. The topological polar surface area (TPSA) is 77.8 Å². The molecule has 0 unspecified atom stereocenters. The third-order valence-electron chi connectivity index (χ3n) is 5.00. The van der Waals surface area contributed by atoms with Gasteiger partial charge in [0.2, 0.25) is 5.91 Å². The molecule has 3 aromatic rings. The van der Waals surface area contributed by atoms with E-state index in [4.69, 9.17) is 4.42 Å². The third kappa shape index (κ3) is 4.82. The number of hydrogen-bond donors (Lipinski definition) is 2. The van der Waals surface area contributed by atoms with E-state index in [-0.39, 0.29) is 18.0 Å². The number of benzene rings is 2. The maximum Gasteiger partial charge on any atom is 0.360 e. The van der Waals surface area contributed by atoms with Gasteiger partial charge in [0.15, 0.2) is 0 Å². The number of carbonyl (C=O) groups excluding carboxylic acids is 1. The minimum atomic E-state index is -0.540. The molecule has 7 heteroatoms. The largest absolute Gasteiger partial charge is 0.421 e. The summed E-state index contributed by atoms with van der Waals surface area (Å²) in [7, 11) is 0. The predicted octanol–water partition coefficient (Wildman–Crippen LogP) is 2.45. The molecule has 1 aliphatic rings. The number of anilines is 2. The van der Waals surface area contributed by atoms with Gasteiger partial charge in [0.25, 0.3) is 0 Å². The van der Waals surface area contributed by atoms with Gasteiger partial charge < -0.3 is 14.6 Å². The Balaban J connectivity index is 1.23. The predicted molar refractivity (Wildman–Crippen MR) is 114 cm³/mol. The zero-order chi connectivity index (χ0) is 20.1. The second-order valence-corrected chi connectivity index (χ2v) is 7.00. The number of fused-ring (bicyclic) bond motifs is 1. The van der Waals surface area contributed by atoms with Gasteiger partial charge >= 0.3 is 5.63 Å². The number of rotatable bonds is 6. The molecule has 0 saturated carbocycles. The van der Waals surface area contributed by atoms with E-state index in [0.29, 0.717) is 12.1 Å². The van der Waals surface area contributed by atoms with Crippen molar-refractivity contribution in [3.05, 3.63) is 71.1 Å². The Morgan fingerprint density at radius 2 is 1.69 bits per heavy atom. The molecule has 1 aliphatic heterocycles. The van der Waals surface area contributed by atoms with Crippen LogP contribution in [0.25, 0.3) is 11.0 Å². The van der Waals surface area contributed by atoms with E-state index < -0.39 is 5.63 Å². The van der Waals surface area contributed by atoms with E-state index in [2.05, 4.69) is 44.9 Å². The second kappa shape index (κ2) is 8.89. The van der Waals surface area contributed by atoms with Crippen molar-refractivity contribution in [1.29, 1.82) is 0 Å². The van der Waals surface area contributed by atoms with Crippen LogP contribution < -0.4 is 21.3 Å². The van der Waals surface area contributed by atoms with Crippen LogP contribution in [0.5, 0.6) is 0 Å². The van der Waals surface area contributed by atoms with Gasteiger partial charge in [0.05, 0.1) is 0 Å². The van der Waals surface area contributed by atoms with Crippen LogP contribution in [0.15, 0.2) is 69.9 Å². The molecule has 2 N–H and O–H groups in total. The smallest absolute Gasteiger partial charge is 0.360 e. The maximum atomic E-state index is 12.2. The van der Waals surface area contributed by atoms with Crippen molar-refractivity contribution in [3.63, 3.8) is 0 Å². The van der Waals surface area contributed by atoms with Crippen LogP contribution in [-0.4, -0.2) is 43.6 Å². The van der Waals surface area contributed by atoms with Crippen molar-refractivity contribution in [2.45, 2.75) is 6.42 Å². The van der Waals surface area contributed by atoms with E-state index in [1.807, 2.05) is 18.2 Å². The van der Waals surface area contributed by atoms with Crippen LogP contribution in [0.1, 0.15) is 6.42 Å². The normalized spacial score (nSPS) is 14.8. The van der Waals surface area contributed by atoms with Crippen molar-refractivity contribution in [3.8, 4) is 0 Å². The van der Waals surface area contributed by atoms with E-state index in [1.54, 1.807) is 18.2 Å². The van der Waals surface area contributed by atoms with Crippen LogP contribution in [0.3, 0.4) is 0 Å². The van der Waals surface area contributed by atoms with E-state index >= 15 is 0 Å². The molecule has 1 amide bonds. The monoisotopic (exact) mass is 392 g/mol. The molecule has 2 heterocycles. The molecule has 1 saturated heterocycles. The molecular formula is C22H24N4O3.